The van der Waals surface area contributed by atoms with E-state index in [1.807, 2.05) is 29.8 Å². The number of carbonyl (C=O) groups is 1. The lowest BCUT2D eigenvalue weighted by molar-refractivity contribution is -0.126. The second-order valence-electron chi connectivity index (χ2n) is 7.42. The highest BCUT2D eigenvalue weighted by Gasteiger charge is 2.32. The van der Waals surface area contributed by atoms with Crippen LogP contribution in [0.1, 0.15) is 25.5 Å². The quantitative estimate of drug-likeness (QED) is 0.515. The Morgan fingerprint density at radius 2 is 1.94 bits per heavy atom. The SMILES string of the molecule is CCOc1ccc(S(=O)(=O)N2CCC(C(=O)NCc3csc(-c4cccs4)n3)CC2)cc1. The fraction of sp³-hybridized carbons (Fsp3) is 0.364. The van der Waals surface area contributed by atoms with Crippen molar-refractivity contribution < 1.29 is 17.9 Å². The van der Waals surface area contributed by atoms with Crippen molar-refractivity contribution in [2.75, 3.05) is 19.7 Å². The topological polar surface area (TPSA) is 88.6 Å². The van der Waals surface area contributed by atoms with Gasteiger partial charge in [0.25, 0.3) is 0 Å². The van der Waals surface area contributed by atoms with E-state index in [9.17, 15) is 13.2 Å². The Balaban J connectivity index is 1.28. The molecule has 0 atom stereocenters. The summed E-state index contributed by atoms with van der Waals surface area (Å²) >= 11 is 3.21. The van der Waals surface area contributed by atoms with Gasteiger partial charge in [0.15, 0.2) is 0 Å². The van der Waals surface area contributed by atoms with Crippen molar-refractivity contribution in [2.45, 2.75) is 31.2 Å². The van der Waals surface area contributed by atoms with Crippen LogP contribution in [0, 0.1) is 5.92 Å². The summed E-state index contributed by atoms with van der Waals surface area (Å²) in [4.78, 5) is 18.6. The maximum atomic E-state index is 12.9. The Labute approximate surface area is 196 Å². The molecule has 1 aliphatic heterocycles. The van der Waals surface area contributed by atoms with Gasteiger partial charge in [-0.3, -0.25) is 4.79 Å². The molecule has 3 heterocycles. The number of nitrogens with one attached hydrogen (secondary N) is 1. The molecular formula is C22H25N3O4S3. The second-order valence-corrected chi connectivity index (χ2v) is 11.2. The number of aromatic nitrogens is 1. The maximum absolute atomic E-state index is 12.9. The molecule has 2 aromatic heterocycles. The molecular weight excluding hydrogens is 466 g/mol. The predicted octanol–water partition coefficient (Wildman–Crippen LogP) is 3.99. The number of sulfonamides is 1. The van der Waals surface area contributed by atoms with Gasteiger partial charge < -0.3 is 10.1 Å². The summed E-state index contributed by atoms with van der Waals surface area (Å²) in [6, 6.07) is 10.5. The molecule has 1 fully saturated rings. The first-order chi connectivity index (χ1) is 15.5. The minimum atomic E-state index is -3.58. The lowest BCUT2D eigenvalue weighted by Crippen LogP contribution is -2.42. The van der Waals surface area contributed by atoms with Crippen LogP contribution in [0.25, 0.3) is 9.88 Å². The van der Waals surface area contributed by atoms with Crippen LogP contribution in [0.4, 0.5) is 0 Å². The highest BCUT2D eigenvalue weighted by molar-refractivity contribution is 7.89. The monoisotopic (exact) mass is 491 g/mol. The van der Waals surface area contributed by atoms with Crippen LogP contribution < -0.4 is 10.1 Å². The van der Waals surface area contributed by atoms with Gasteiger partial charge in [0, 0.05) is 24.4 Å². The zero-order valence-corrected chi connectivity index (χ0v) is 20.1. The molecule has 170 valence electrons. The standard InChI is InChI=1S/C22H25N3O4S3/c1-2-29-18-5-7-19(8-6-18)32(27,28)25-11-9-16(10-12-25)21(26)23-14-17-15-31-22(24-17)20-4-3-13-30-20/h3-8,13,15-16H,2,9-12,14H2,1H3,(H,23,26). The highest BCUT2D eigenvalue weighted by Crippen LogP contribution is 2.28. The number of hydrogen-bond acceptors (Lipinski definition) is 7. The zero-order chi connectivity index (χ0) is 22.6. The van der Waals surface area contributed by atoms with Crippen molar-refractivity contribution in [3.05, 3.63) is 52.9 Å². The lowest BCUT2D eigenvalue weighted by atomic mass is 9.97. The van der Waals surface area contributed by atoms with Gasteiger partial charge in [-0.15, -0.1) is 22.7 Å². The molecule has 1 amide bonds. The molecule has 4 rings (SSSR count). The van der Waals surface area contributed by atoms with Crippen LogP contribution in [0.3, 0.4) is 0 Å². The van der Waals surface area contributed by atoms with E-state index < -0.39 is 10.0 Å². The van der Waals surface area contributed by atoms with Gasteiger partial charge in [-0.25, -0.2) is 13.4 Å². The van der Waals surface area contributed by atoms with Crippen molar-refractivity contribution in [3.63, 3.8) is 0 Å². The van der Waals surface area contributed by atoms with Crippen molar-refractivity contribution in [1.29, 1.82) is 0 Å². The average molecular weight is 492 g/mol. The number of nitrogens with zero attached hydrogens (tertiary/aromatic N) is 2. The van der Waals surface area contributed by atoms with E-state index in [-0.39, 0.29) is 16.7 Å². The molecule has 0 saturated carbocycles. The number of benzene rings is 1. The number of hydrogen-bond donors (Lipinski definition) is 1. The van der Waals surface area contributed by atoms with E-state index in [4.69, 9.17) is 4.74 Å². The third kappa shape index (κ3) is 5.20. The van der Waals surface area contributed by atoms with Gasteiger partial charge in [0.1, 0.15) is 10.8 Å². The number of amides is 1. The van der Waals surface area contributed by atoms with Crippen LogP contribution in [0.15, 0.2) is 52.1 Å². The number of ether oxygens (including phenoxy) is 1. The molecule has 0 aliphatic carbocycles. The largest absolute Gasteiger partial charge is 0.494 e. The second kappa shape index (κ2) is 10.1. The summed E-state index contributed by atoms with van der Waals surface area (Å²) in [7, 11) is -3.58. The minimum absolute atomic E-state index is 0.0474. The molecule has 0 radical (unpaired) electrons. The van der Waals surface area contributed by atoms with Gasteiger partial charge in [-0.05, 0) is 55.5 Å². The number of thiazole rings is 1. The van der Waals surface area contributed by atoms with E-state index in [2.05, 4.69) is 10.3 Å². The van der Waals surface area contributed by atoms with Gasteiger partial charge >= 0.3 is 0 Å². The van der Waals surface area contributed by atoms with Crippen molar-refractivity contribution in [2.24, 2.45) is 5.92 Å². The third-order valence-corrected chi connectivity index (χ3v) is 9.17. The van der Waals surface area contributed by atoms with E-state index in [1.165, 1.54) is 4.31 Å². The summed E-state index contributed by atoms with van der Waals surface area (Å²) in [6.45, 7) is 3.44. The predicted molar refractivity (Wildman–Crippen MR) is 126 cm³/mol. The highest BCUT2D eigenvalue weighted by atomic mass is 32.2. The fourth-order valence-corrected chi connectivity index (χ4v) is 6.71. The Kier molecular flexibility index (Phi) is 7.24. The zero-order valence-electron chi connectivity index (χ0n) is 17.7. The number of carbonyl (C=O) groups excluding carboxylic acids is 1. The smallest absolute Gasteiger partial charge is 0.243 e. The molecule has 32 heavy (non-hydrogen) atoms. The number of piperidine rings is 1. The summed E-state index contributed by atoms with van der Waals surface area (Å²) in [5.74, 6) is 0.399. The Morgan fingerprint density at radius 1 is 1.19 bits per heavy atom. The molecule has 1 aliphatic rings. The third-order valence-electron chi connectivity index (χ3n) is 5.32. The van der Waals surface area contributed by atoms with Crippen molar-refractivity contribution in [3.8, 4) is 15.6 Å². The van der Waals surface area contributed by atoms with Crippen LogP contribution in [-0.4, -0.2) is 43.3 Å². The van der Waals surface area contributed by atoms with E-state index in [0.717, 1.165) is 15.6 Å². The van der Waals surface area contributed by atoms with Crippen LogP contribution in [0.2, 0.25) is 0 Å². The molecule has 1 aromatic carbocycles. The van der Waals surface area contributed by atoms with Crippen LogP contribution in [-0.2, 0) is 21.4 Å². The van der Waals surface area contributed by atoms with Crippen molar-refractivity contribution >= 4 is 38.6 Å². The maximum Gasteiger partial charge on any atom is 0.243 e. The summed E-state index contributed by atoms with van der Waals surface area (Å²) < 4.78 is 32.7. The van der Waals surface area contributed by atoms with Crippen LogP contribution in [0.5, 0.6) is 5.75 Å². The van der Waals surface area contributed by atoms with E-state index in [0.29, 0.717) is 44.8 Å². The first-order valence-corrected chi connectivity index (χ1v) is 13.7. The van der Waals surface area contributed by atoms with Gasteiger partial charge in [0.2, 0.25) is 15.9 Å². The first kappa shape index (κ1) is 22.9. The molecule has 1 N–H and O–H groups in total. The molecule has 3 aromatic rings. The molecule has 0 unspecified atom stereocenters. The van der Waals surface area contributed by atoms with Gasteiger partial charge in [-0.2, -0.15) is 4.31 Å². The van der Waals surface area contributed by atoms with Gasteiger partial charge in [-0.1, -0.05) is 6.07 Å². The van der Waals surface area contributed by atoms with Crippen LogP contribution >= 0.6 is 22.7 Å². The summed E-state index contributed by atoms with van der Waals surface area (Å²) in [6.07, 6.45) is 0.999. The Hall–Kier alpha value is -2.27. The molecule has 10 heteroatoms. The number of rotatable bonds is 8. The lowest BCUT2D eigenvalue weighted by Gasteiger charge is -2.30. The van der Waals surface area contributed by atoms with Gasteiger partial charge in [0.05, 0.1) is 28.6 Å². The summed E-state index contributed by atoms with van der Waals surface area (Å²) in [5.41, 5.74) is 0.835. The average Bonchev–Trinajstić information content (AvgIpc) is 3.50. The first-order valence-electron chi connectivity index (χ1n) is 10.5. The Morgan fingerprint density at radius 3 is 2.59 bits per heavy atom. The van der Waals surface area contributed by atoms with E-state index in [1.54, 1.807) is 46.9 Å². The fourth-order valence-electron chi connectivity index (χ4n) is 3.61. The number of thiophene rings is 1. The summed E-state index contributed by atoms with van der Waals surface area (Å²) in [5, 5.41) is 7.89. The molecule has 0 spiro atoms. The normalized spacial score (nSPS) is 15.5. The molecule has 7 nitrogen and oxygen atoms in total. The van der Waals surface area contributed by atoms with Crippen molar-refractivity contribution in [1.82, 2.24) is 14.6 Å². The molecule has 1 saturated heterocycles. The van der Waals surface area contributed by atoms with E-state index >= 15 is 0 Å². The molecule has 0 bridgehead atoms. The Bertz CT molecular complexity index is 1130. The minimum Gasteiger partial charge on any atom is -0.494 e.